The molecule has 8 amide bonds. The Balaban J connectivity index is 2.33. The number of hydrogen-bond donors (Lipinski definition) is 14. The van der Waals surface area contributed by atoms with Crippen LogP contribution in [-0.4, -0.2) is 143 Å². The van der Waals surface area contributed by atoms with Crippen molar-refractivity contribution in [2.75, 3.05) is 31.6 Å². The first-order chi connectivity index (χ1) is 32.7. The molecule has 26 heteroatoms. The van der Waals surface area contributed by atoms with E-state index in [0.717, 1.165) is 0 Å². The van der Waals surface area contributed by atoms with Gasteiger partial charge in [-0.05, 0) is 62.0 Å². The second-order valence-electron chi connectivity index (χ2n) is 16.5. The van der Waals surface area contributed by atoms with Crippen molar-refractivity contribution in [3.63, 3.8) is 0 Å². The van der Waals surface area contributed by atoms with Crippen molar-refractivity contribution < 1.29 is 38.4 Å². The lowest BCUT2D eigenvalue weighted by atomic mass is 10.0. The fourth-order valence-electron chi connectivity index (χ4n) is 6.76. The maximum Gasteiger partial charge on any atom is 0.244 e. The number of hydrogen-bond acceptors (Lipinski definition) is 13. The quantitative estimate of drug-likeness (QED) is 0.0189. The summed E-state index contributed by atoms with van der Waals surface area (Å²) >= 11 is 1.39. The molecule has 0 spiro atoms. The average molecular weight is 986 g/mol. The molecule has 0 radical (unpaired) electrons. The van der Waals surface area contributed by atoms with Crippen LogP contribution in [0.2, 0.25) is 0 Å². The minimum atomic E-state index is -1.39. The van der Waals surface area contributed by atoms with Crippen LogP contribution in [0.4, 0.5) is 0 Å². The third-order valence-corrected chi connectivity index (χ3v) is 10.9. The molecule has 1 aromatic heterocycles. The van der Waals surface area contributed by atoms with E-state index in [4.69, 9.17) is 34.4 Å². The highest BCUT2D eigenvalue weighted by Crippen LogP contribution is 2.11. The van der Waals surface area contributed by atoms with Gasteiger partial charge in [-0.1, -0.05) is 44.2 Å². The van der Waals surface area contributed by atoms with Crippen molar-refractivity contribution in [3.05, 3.63) is 54.1 Å². The van der Waals surface area contributed by atoms with Crippen LogP contribution in [0.5, 0.6) is 0 Å². The molecule has 0 saturated heterocycles. The Morgan fingerprint density at radius 3 is 1.58 bits per heavy atom. The summed E-state index contributed by atoms with van der Waals surface area (Å²) in [6.45, 7) is 4.76. The molecule has 25 nitrogen and oxygen atoms in total. The number of thioether (sulfide) groups is 1. The van der Waals surface area contributed by atoms with Crippen molar-refractivity contribution in [2.24, 2.45) is 50.3 Å². The topological polar surface area (TPSA) is 430 Å². The van der Waals surface area contributed by atoms with E-state index in [-0.39, 0.29) is 75.9 Å². The molecule has 382 valence electrons. The highest BCUT2D eigenvalue weighted by Gasteiger charge is 2.34. The van der Waals surface area contributed by atoms with E-state index in [2.05, 4.69) is 57.2 Å². The standard InChI is InChI=1S/C43H71N17O8S/c1-24(2)18-31(38(65)56-29(13-9-16-52-43(48)49)36(63)55-28(35(45)62)12-8-15-51-42(46)47)58-37(64)30(14-17-69-4)57-41(68)34(21-44)60-39(66)32(19-26-10-6-5-7-11-26)59-40(67)33(54-25(3)61)20-27-22-50-23-53-27/h5-7,10-11,22-24,28-34H,8-9,12-21,44H2,1-4H3,(H2,45,62)(H,50,53)(H,54,61)(H,55,63)(H,56,65)(H,57,68)(H,58,64)(H,59,67)(H,60,66)(H4,46,47,51)(H4,48,49,52)/t28-,29-,30-,31-,32-,33-,34-/m1/s1. The number of rotatable bonds is 32. The Hall–Kier alpha value is -6.96. The van der Waals surface area contributed by atoms with Gasteiger partial charge in [0, 0.05) is 51.3 Å². The van der Waals surface area contributed by atoms with Crippen molar-refractivity contribution >= 4 is 70.9 Å². The number of nitrogens with two attached hydrogens (primary N) is 6. The first kappa shape index (κ1) is 58.2. The number of nitrogens with zero attached hydrogens (tertiary/aromatic N) is 3. The number of nitrogens with one attached hydrogen (secondary N) is 8. The molecule has 1 aromatic carbocycles. The predicted molar refractivity (Wildman–Crippen MR) is 262 cm³/mol. The number of benzene rings is 1. The zero-order valence-corrected chi connectivity index (χ0v) is 40.4. The van der Waals surface area contributed by atoms with Gasteiger partial charge in [0.25, 0.3) is 0 Å². The van der Waals surface area contributed by atoms with Gasteiger partial charge in [-0.15, -0.1) is 0 Å². The van der Waals surface area contributed by atoms with E-state index in [1.807, 2.05) is 13.8 Å². The third kappa shape index (κ3) is 23.1. The van der Waals surface area contributed by atoms with Crippen LogP contribution in [0, 0.1) is 5.92 Å². The Morgan fingerprint density at radius 2 is 1.09 bits per heavy atom. The van der Waals surface area contributed by atoms with Crippen LogP contribution in [-0.2, 0) is 51.2 Å². The van der Waals surface area contributed by atoms with Gasteiger partial charge in [-0.2, -0.15) is 11.8 Å². The van der Waals surface area contributed by atoms with Gasteiger partial charge in [-0.3, -0.25) is 48.3 Å². The minimum Gasteiger partial charge on any atom is -0.370 e. The molecular weight excluding hydrogens is 915 g/mol. The molecule has 0 aliphatic carbocycles. The smallest absolute Gasteiger partial charge is 0.244 e. The molecule has 69 heavy (non-hydrogen) atoms. The lowest BCUT2D eigenvalue weighted by Crippen LogP contribution is -2.61. The van der Waals surface area contributed by atoms with Gasteiger partial charge in [0.05, 0.1) is 6.33 Å². The maximum atomic E-state index is 14.1. The Morgan fingerprint density at radius 1 is 0.623 bits per heavy atom. The molecule has 0 aliphatic heterocycles. The van der Waals surface area contributed by atoms with Gasteiger partial charge in [-0.25, -0.2) is 4.98 Å². The molecule has 0 fully saturated rings. The largest absolute Gasteiger partial charge is 0.370 e. The van der Waals surface area contributed by atoms with Gasteiger partial charge in [0.2, 0.25) is 47.3 Å². The zero-order valence-electron chi connectivity index (χ0n) is 39.6. The second-order valence-corrected chi connectivity index (χ2v) is 17.5. The maximum absolute atomic E-state index is 14.1. The summed E-state index contributed by atoms with van der Waals surface area (Å²) in [5, 5.41) is 18.6. The van der Waals surface area contributed by atoms with Gasteiger partial charge in [0.1, 0.15) is 42.3 Å². The van der Waals surface area contributed by atoms with Crippen molar-refractivity contribution in [2.45, 2.75) is 114 Å². The third-order valence-electron chi connectivity index (χ3n) is 10.2. The van der Waals surface area contributed by atoms with E-state index in [0.29, 0.717) is 23.4 Å². The van der Waals surface area contributed by atoms with Crippen molar-refractivity contribution in [1.29, 1.82) is 0 Å². The summed E-state index contributed by atoms with van der Waals surface area (Å²) in [5.74, 6) is -5.88. The lowest BCUT2D eigenvalue weighted by molar-refractivity contribution is -0.135. The van der Waals surface area contributed by atoms with Crippen molar-refractivity contribution in [3.8, 4) is 0 Å². The normalized spacial score (nSPS) is 13.9. The number of imidazole rings is 1. The van der Waals surface area contributed by atoms with Crippen LogP contribution >= 0.6 is 11.8 Å². The first-order valence-corrected chi connectivity index (χ1v) is 23.8. The number of amides is 8. The average Bonchev–Trinajstić information content (AvgIpc) is 3.80. The molecule has 2 rings (SSSR count). The van der Waals surface area contributed by atoms with Crippen LogP contribution in [0.25, 0.3) is 0 Å². The SMILES string of the molecule is CSCC[C@@H](NC(=O)[C@@H](CN)NC(=O)[C@@H](Cc1ccccc1)NC(=O)[C@@H](Cc1cnc[nH]1)NC(C)=O)C(=O)N[C@H](CC(C)C)C(=O)N[C@H](CCCN=C(N)N)C(=O)N[C@H](CCCN=C(N)N)C(N)=O. The molecular formula is C43H71N17O8S. The number of aromatic amines is 1. The molecule has 1 heterocycles. The number of aliphatic imine (C=N–C) groups is 2. The van der Waals surface area contributed by atoms with E-state index < -0.39 is 96.1 Å². The number of carbonyl (C=O) groups is 8. The number of guanidine groups is 2. The first-order valence-electron chi connectivity index (χ1n) is 22.4. The number of aromatic nitrogens is 2. The second kappa shape index (κ2) is 31.2. The number of H-pyrrole nitrogens is 1. The number of carbonyl (C=O) groups excluding carboxylic acids is 8. The van der Waals surface area contributed by atoms with Gasteiger partial charge in [0.15, 0.2) is 11.9 Å². The monoisotopic (exact) mass is 986 g/mol. The van der Waals surface area contributed by atoms with Gasteiger partial charge < -0.3 is 76.6 Å². The zero-order chi connectivity index (χ0) is 51.5. The summed E-state index contributed by atoms with van der Waals surface area (Å²) in [5.41, 5.74) is 34.5. The Labute approximate surface area is 405 Å². The molecule has 0 aliphatic rings. The fourth-order valence-corrected chi connectivity index (χ4v) is 7.24. The van der Waals surface area contributed by atoms with Gasteiger partial charge >= 0.3 is 0 Å². The van der Waals surface area contributed by atoms with E-state index in [9.17, 15) is 38.4 Å². The summed E-state index contributed by atoms with van der Waals surface area (Å²) < 4.78 is 0. The molecule has 0 unspecified atom stereocenters. The fraction of sp³-hybridized carbons (Fsp3) is 0.558. The highest BCUT2D eigenvalue weighted by molar-refractivity contribution is 7.98. The van der Waals surface area contributed by atoms with Crippen LogP contribution < -0.4 is 71.6 Å². The molecule has 0 saturated carbocycles. The Bertz CT molecular complexity index is 2030. The summed E-state index contributed by atoms with van der Waals surface area (Å²) in [6, 6.07) is 0.252. The molecule has 2 aromatic rings. The minimum absolute atomic E-state index is 0.00254. The number of primary amides is 1. The van der Waals surface area contributed by atoms with Crippen LogP contribution in [0.15, 0.2) is 52.8 Å². The van der Waals surface area contributed by atoms with Crippen LogP contribution in [0.1, 0.15) is 70.6 Å². The van der Waals surface area contributed by atoms with E-state index in [1.54, 1.807) is 36.6 Å². The summed E-state index contributed by atoms with van der Waals surface area (Å²) in [7, 11) is 0. The molecule has 0 bridgehead atoms. The van der Waals surface area contributed by atoms with Crippen molar-refractivity contribution in [1.82, 2.24) is 47.2 Å². The lowest BCUT2D eigenvalue weighted by Gasteiger charge is -2.28. The Kier molecular flexibility index (Phi) is 26.3. The van der Waals surface area contributed by atoms with Crippen LogP contribution in [0.3, 0.4) is 0 Å². The summed E-state index contributed by atoms with van der Waals surface area (Å²) in [4.78, 5) is 122. The van der Waals surface area contributed by atoms with E-state index in [1.165, 1.54) is 31.2 Å². The predicted octanol–water partition coefficient (Wildman–Crippen LogP) is -4.04. The molecule has 20 N–H and O–H groups in total. The van der Waals surface area contributed by atoms with E-state index >= 15 is 0 Å². The summed E-state index contributed by atoms with van der Waals surface area (Å²) in [6.07, 6.45) is 5.60. The highest BCUT2D eigenvalue weighted by atomic mass is 32.2. The molecule has 7 atom stereocenters.